The molecule has 2 rings (SSSR count). The second-order valence-electron chi connectivity index (χ2n) is 4.80. The van der Waals surface area contributed by atoms with Crippen molar-refractivity contribution in [3.05, 3.63) is 22.3 Å². The second-order valence-corrected chi connectivity index (χ2v) is 5.71. The third-order valence-electron chi connectivity index (χ3n) is 3.30. The van der Waals surface area contributed by atoms with Crippen molar-refractivity contribution in [2.75, 3.05) is 32.8 Å². The minimum absolute atomic E-state index is 0.716. The monoisotopic (exact) mass is 327 g/mol. The molecule has 1 aliphatic rings. The fraction of sp³-hybridized carbons (Fsp3) is 0.643. The van der Waals surface area contributed by atoms with E-state index in [1.807, 2.05) is 0 Å². The summed E-state index contributed by atoms with van der Waals surface area (Å²) in [5.41, 5.74) is 1.11. The minimum Gasteiger partial charge on any atom is -0.476 e. The molecule has 0 bridgehead atoms. The zero-order valence-corrected chi connectivity index (χ0v) is 13.1. The Labute approximate surface area is 123 Å². The number of hydrogen-bond acceptors (Lipinski definition) is 4. The molecule has 106 valence electrons. The molecule has 4 nitrogen and oxygen atoms in total. The van der Waals surface area contributed by atoms with E-state index in [1.54, 1.807) is 6.20 Å². The van der Waals surface area contributed by atoms with Gasteiger partial charge in [0.25, 0.3) is 0 Å². The number of hydrogen-bond donors (Lipinski definition) is 1. The predicted molar refractivity (Wildman–Crippen MR) is 80.5 cm³/mol. The van der Waals surface area contributed by atoms with Gasteiger partial charge in [0.05, 0.1) is 0 Å². The molecule has 1 fully saturated rings. The smallest absolute Gasteiger partial charge is 0.217 e. The highest BCUT2D eigenvalue weighted by Crippen LogP contribution is 2.20. The van der Waals surface area contributed by atoms with Crippen LogP contribution in [0, 0.1) is 0 Å². The van der Waals surface area contributed by atoms with E-state index in [0.29, 0.717) is 6.61 Å². The van der Waals surface area contributed by atoms with E-state index in [9.17, 15) is 0 Å². The molecule has 0 aromatic carbocycles. The van der Waals surface area contributed by atoms with Crippen molar-refractivity contribution >= 4 is 15.9 Å². The Morgan fingerprint density at radius 2 is 2.21 bits per heavy atom. The Kier molecular flexibility index (Phi) is 6.07. The largest absolute Gasteiger partial charge is 0.476 e. The lowest BCUT2D eigenvalue weighted by Crippen LogP contribution is -2.25. The van der Waals surface area contributed by atoms with Crippen LogP contribution in [0.5, 0.6) is 5.88 Å². The number of likely N-dealkylation sites (tertiary alicyclic amines) is 1. The van der Waals surface area contributed by atoms with Gasteiger partial charge >= 0.3 is 0 Å². The Morgan fingerprint density at radius 1 is 1.42 bits per heavy atom. The van der Waals surface area contributed by atoms with Crippen LogP contribution in [0.15, 0.2) is 16.7 Å². The van der Waals surface area contributed by atoms with Crippen molar-refractivity contribution in [1.29, 1.82) is 0 Å². The van der Waals surface area contributed by atoms with Crippen molar-refractivity contribution in [2.24, 2.45) is 0 Å². The molecule has 1 aromatic rings. The summed E-state index contributed by atoms with van der Waals surface area (Å²) in [6.45, 7) is 7.97. The fourth-order valence-electron chi connectivity index (χ4n) is 2.26. The highest BCUT2D eigenvalue weighted by molar-refractivity contribution is 9.10. The highest BCUT2D eigenvalue weighted by Gasteiger charge is 2.12. The van der Waals surface area contributed by atoms with Crippen LogP contribution >= 0.6 is 15.9 Å². The molecule has 1 aromatic heterocycles. The molecule has 0 unspecified atom stereocenters. The molecule has 1 N–H and O–H groups in total. The zero-order valence-electron chi connectivity index (χ0n) is 11.5. The summed E-state index contributed by atoms with van der Waals surface area (Å²) < 4.78 is 6.83. The van der Waals surface area contributed by atoms with Crippen LogP contribution in [-0.2, 0) is 6.54 Å². The molecule has 0 saturated carbocycles. The number of halogens is 1. The molecular weight excluding hydrogens is 306 g/mol. The topological polar surface area (TPSA) is 37.4 Å². The first-order valence-electron chi connectivity index (χ1n) is 7.00. The van der Waals surface area contributed by atoms with Crippen molar-refractivity contribution in [3.63, 3.8) is 0 Å². The number of nitrogens with zero attached hydrogens (tertiary/aromatic N) is 2. The number of pyridine rings is 1. The SMILES string of the molecule is CCNCc1cc(Br)cnc1OCCN1CCCC1. The van der Waals surface area contributed by atoms with Crippen LogP contribution in [0.1, 0.15) is 25.3 Å². The Bertz CT molecular complexity index is 394. The van der Waals surface area contributed by atoms with Crippen LogP contribution in [-0.4, -0.2) is 42.7 Å². The summed E-state index contributed by atoms with van der Waals surface area (Å²) >= 11 is 3.46. The molecule has 5 heteroatoms. The molecule has 0 aliphatic carbocycles. The van der Waals surface area contributed by atoms with E-state index >= 15 is 0 Å². The Morgan fingerprint density at radius 3 is 2.95 bits per heavy atom. The van der Waals surface area contributed by atoms with Crippen molar-refractivity contribution in [3.8, 4) is 5.88 Å². The third-order valence-corrected chi connectivity index (χ3v) is 3.74. The van der Waals surface area contributed by atoms with E-state index in [0.717, 1.165) is 35.6 Å². The molecule has 0 spiro atoms. The number of ether oxygens (including phenoxy) is 1. The van der Waals surface area contributed by atoms with Gasteiger partial charge in [-0.3, -0.25) is 4.90 Å². The molecular formula is C14H22BrN3O. The maximum atomic E-state index is 5.84. The lowest BCUT2D eigenvalue weighted by Gasteiger charge is -2.16. The fourth-order valence-corrected chi connectivity index (χ4v) is 2.64. The van der Waals surface area contributed by atoms with Gasteiger partial charge in [0.1, 0.15) is 6.61 Å². The van der Waals surface area contributed by atoms with Crippen molar-refractivity contribution in [1.82, 2.24) is 15.2 Å². The van der Waals surface area contributed by atoms with Gasteiger partial charge in [-0.1, -0.05) is 6.92 Å². The first-order chi connectivity index (χ1) is 9.29. The normalized spacial score (nSPS) is 15.9. The molecule has 19 heavy (non-hydrogen) atoms. The van der Waals surface area contributed by atoms with E-state index in [1.165, 1.54) is 25.9 Å². The number of rotatable bonds is 7. The maximum absolute atomic E-state index is 5.84. The zero-order chi connectivity index (χ0) is 13.5. The lowest BCUT2D eigenvalue weighted by molar-refractivity contribution is 0.230. The van der Waals surface area contributed by atoms with Crippen molar-refractivity contribution in [2.45, 2.75) is 26.3 Å². The first kappa shape index (κ1) is 14.8. The average molecular weight is 328 g/mol. The van der Waals surface area contributed by atoms with E-state index < -0.39 is 0 Å². The van der Waals surface area contributed by atoms with Gasteiger partial charge in [-0.05, 0) is 54.5 Å². The van der Waals surface area contributed by atoms with Crippen LogP contribution in [0.2, 0.25) is 0 Å². The van der Waals surface area contributed by atoms with Gasteiger partial charge in [0, 0.05) is 29.3 Å². The second kappa shape index (κ2) is 7.82. The summed E-state index contributed by atoms with van der Waals surface area (Å²) in [5, 5.41) is 3.31. The first-order valence-corrected chi connectivity index (χ1v) is 7.79. The average Bonchev–Trinajstić information content (AvgIpc) is 2.91. The van der Waals surface area contributed by atoms with Gasteiger partial charge < -0.3 is 10.1 Å². The molecule has 0 amide bonds. The molecule has 1 aliphatic heterocycles. The number of aromatic nitrogens is 1. The molecule has 0 radical (unpaired) electrons. The van der Waals surface area contributed by atoms with E-state index in [4.69, 9.17) is 4.74 Å². The van der Waals surface area contributed by atoms with Gasteiger partial charge in [0.2, 0.25) is 5.88 Å². The van der Waals surface area contributed by atoms with Gasteiger partial charge in [-0.15, -0.1) is 0 Å². The van der Waals surface area contributed by atoms with E-state index in [-0.39, 0.29) is 0 Å². The van der Waals surface area contributed by atoms with Crippen LogP contribution in [0.3, 0.4) is 0 Å². The molecule has 1 saturated heterocycles. The third kappa shape index (κ3) is 4.75. The summed E-state index contributed by atoms with van der Waals surface area (Å²) in [4.78, 5) is 6.81. The number of nitrogens with one attached hydrogen (secondary N) is 1. The Hall–Kier alpha value is -0.650. The minimum atomic E-state index is 0.716. The quantitative estimate of drug-likeness (QED) is 0.834. The predicted octanol–water partition coefficient (Wildman–Crippen LogP) is 2.43. The summed E-state index contributed by atoms with van der Waals surface area (Å²) in [7, 11) is 0. The maximum Gasteiger partial charge on any atom is 0.217 e. The Balaban J connectivity index is 1.86. The molecule has 2 heterocycles. The van der Waals surface area contributed by atoms with Crippen LogP contribution in [0.25, 0.3) is 0 Å². The lowest BCUT2D eigenvalue weighted by atomic mass is 10.2. The molecule has 0 atom stereocenters. The van der Waals surface area contributed by atoms with E-state index in [2.05, 4.69) is 44.1 Å². The highest BCUT2D eigenvalue weighted by atomic mass is 79.9. The summed E-state index contributed by atoms with van der Waals surface area (Å²) in [6, 6.07) is 2.07. The van der Waals surface area contributed by atoms with Crippen molar-refractivity contribution < 1.29 is 4.74 Å². The van der Waals surface area contributed by atoms with Gasteiger partial charge in [0.15, 0.2) is 0 Å². The standard InChI is InChI=1S/C14H22BrN3O/c1-2-16-10-12-9-13(15)11-17-14(12)19-8-7-18-5-3-4-6-18/h9,11,16H,2-8,10H2,1H3. The van der Waals surface area contributed by atoms with Gasteiger partial charge in [-0.25, -0.2) is 4.98 Å². The van der Waals surface area contributed by atoms with Gasteiger partial charge in [-0.2, -0.15) is 0 Å². The van der Waals surface area contributed by atoms with Crippen LogP contribution < -0.4 is 10.1 Å². The summed E-state index contributed by atoms with van der Waals surface area (Å²) in [5.74, 6) is 0.753. The van der Waals surface area contributed by atoms with Crippen LogP contribution in [0.4, 0.5) is 0 Å². The summed E-state index contributed by atoms with van der Waals surface area (Å²) in [6.07, 6.45) is 4.44.